The highest BCUT2D eigenvalue weighted by atomic mass is 32.2. The van der Waals surface area contributed by atoms with Crippen LogP contribution in [-0.4, -0.2) is 18.5 Å². The molecule has 33 heavy (non-hydrogen) atoms. The van der Waals surface area contributed by atoms with Gasteiger partial charge < -0.3 is 10.1 Å². The molecule has 168 valence electrons. The molecule has 0 aliphatic heterocycles. The predicted octanol–water partition coefficient (Wildman–Crippen LogP) is 5.20. The van der Waals surface area contributed by atoms with Gasteiger partial charge in [0, 0.05) is 9.79 Å². The monoisotopic (exact) mass is 478 g/mol. The SMILES string of the molecule is N#Cc1ccccc1Sc1ccccc1C(=O)OCC(=O)Nc1c(F)c(F)c(F)c(F)c1F. The standard InChI is InChI=1S/C22H11F5N2O3S/c23-16-17(24)19(26)21(20(27)18(16)25)29-15(30)10-32-22(31)12-6-2-4-8-14(12)33-13-7-3-1-5-11(13)9-28/h1-8H,10H2,(H,29,30). The minimum Gasteiger partial charge on any atom is -0.452 e. The van der Waals surface area contributed by atoms with Gasteiger partial charge in [0.15, 0.2) is 29.9 Å². The molecule has 3 aromatic carbocycles. The zero-order valence-electron chi connectivity index (χ0n) is 16.3. The van der Waals surface area contributed by atoms with E-state index in [0.29, 0.717) is 15.4 Å². The first-order valence-electron chi connectivity index (χ1n) is 8.99. The zero-order chi connectivity index (χ0) is 24.1. The Hall–Kier alpha value is -3.91. The summed E-state index contributed by atoms with van der Waals surface area (Å²) in [5.74, 6) is -13.6. The van der Waals surface area contributed by atoms with E-state index in [1.807, 2.05) is 6.07 Å². The number of nitrogens with one attached hydrogen (secondary N) is 1. The molecule has 0 atom stereocenters. The number of carbonyl (C=O) groups excluding carboxylic acids is 2. The molecule has 11 heteroatoms. The third-order valence-electron chi connectivity index (χ3n) is 4.14. The number of anilines is 1. The summed E-state index contributed by atoms with van der Waals surface area (Å²) < 4.78 is 71.8. The number of carbonyl (C=O) groups is 2. The summed E-state index contributed by atoms with van der Waals surface area (Å²) >= 11 is 1.10. The quantitative estimate of drug-likeness (QED) is 0.228. The summed E-state index contributed by atoms with van der Waals surface area (Å²) in [5, 5.41) is 10.7. The van der Waals surface area contributed by atoms with Gasteiger partial charge in [-0.1, -0.05) is 36.0 Å². The van der Waals surface area contributed by atoms with Crippen molar-refractivity contribution in [3.8, 4) is 6.07 Å². The maximum atomic E-state index is 13.7. The maximum Gasteiger partial charge on any atom is 0.339 e. The maximum absolute atomic E-state index is 13.7. The Morgan fingerprint density at radius 3 is 2.03 bits per heavy atom. The molecular formula is C22H11F5N2O3S. The zero-order valence-corrected chi connectivity index (χ0v) is 17.1. The second-order valence-corrected chi connectivity index (χ2v) is 7.36. The number of hydrogen-bond donors (Lipinski definition) is 1. The highest BCUT2D eigenvalue weighted by molar-refractivity contribution is 7.99. The van der Waals surface area contributed by atoms with Gasteiger partial charge in [0.05, 0.1) is 11.1 Å². The van der Waals surface area contributed by atoms with Crippen LogP contribution in [0.1, 0.15) is 15.9 Å². The second kappa shape index (κ2) is 10.1. The lowest BCUT2D eigenvalue weighted by Gasteiger charge is -2.11. The smallest absolute Gasteiger partial charge is 0.339 e. The summed E-state index contributed by atoms with van der Waals surface area (Å²) in [6.45, 7) is -1.06. The number of nitriles is 1. The third-order valence-corrected chi connectivity index (χ3v) is 5.29. The van der Waals surface area contributed by atoms with Gasteiger partial charge in [0.1, 0.15) is 11.8 Å². The molecule has 0 radical (unpaired) electrons. The largest absolute Gasteiger partial charge is 0.452 e. The van der Waals surface area contributed by atoms with Gasteiger partial charge in [-0.15, -0.1) is 0 Å². The molecule has 0 spiro atoms. The Balaban J connectivity index is 1.73. The summed E-state index contributed by atoms with van der Waals surface area (Å²) in [7, 11) is 0. The molecule has 0 aliphatic rings. The molecule has 0 saturated carbocycles. The van der Waals surface area contributed by atoms with E-state index in [1.165, 1.54) is 17.4 Å². The fourth-order valence-electron chi connectivity index (χ4n) is 2.59. The van der Waals surface area contributed by atoms with Crippen LogP contribution >= 0.6 is 11.8 Å². The molecular weight excluding hydrogens is 467 g/mol. The van der Waals surface area contributed by atoms with Crippen molar-refractivity contribution in [2.75, 3.05) is 11.9 Å². The van der Waals surface area contributed by atoms with Crippen LogP contribution in [0.25, 0.3) is 0 Å². The van der Waals surface area contributed by atoms with Gasteiger partial charge in [-0.05, 0) is 24.3 Å². The summed E-state index contributed by atoms with van der Waals surface area (Å²) in [5.41, 5.74) is -1.16. The number of halogens is 5. The van der Waals surface area contributed by atoms with Gasteiger partial charge >= 0.3 is 5.97 Å². The van der Waals surface area contributed by atoms with Gasteiger partial charge in [-0.3, -0.25) is 4.79 Å². The number of esters is 1. The van der Waals surface area contributed by atoms with Gasteiger partial charge in [0.25, 0.3) is 5.91 Å². The Morgan fingerprint density at radius 2 is 1.39 bits per heavy atom. The normalized spacial score (nSPS) is 10.4. The lowest BCUT2D eigenvalue weighted by molar-refractivity contribution is -0.119. The minimum absolute atomic E-state index is 0.0271. The average molecular weight is 478 g/mol. The Morgan fingerprint density at radius 1 is 0.848 bits per heavy atom. The molecule has 3 rings (SSSR count). The molecule has 0 saturated heterocycles. The van der Waals surface area contributed by atoms with Gasteiger partial charge in [0.2, 0.25) is 5.82 Å². The van der Waals surface area contributed by atoms with Crippen molar-refractivity contribution >= 4 is 29.3 Å². The molecule has 1 amide bonds. The lowest BCUT2D eigenvalue weighted by atomic mass is 10.2. The average Bonchev–Trinajstić information content (AvgIpc) is 2.83. The Kier molecular flexibility index (Phi) is 7.30. The van der Waals surface area contributed by atoms with Crippen LogP contribution in [0.4, 0.5) is 27.6 Å². The molecule has 1 N–H and O–H groups in total. The fourth-order valence-corrected chi connectivity index (χ4v) is 3.60. The molecule has 0 unspecified atom stereocenters. The summed E-state index contributed by atoms with van der Waals surface area (Å²) in [6, 6.07) is 14.8. The summed E-state index contributed by atoms with van der Waals surface area (Å²) in [4.78, 5) is 25.3. The molecule has 0 aromatic heterocycles. The predicted molar refractivity (Wildman–Crippen MR) is 107 cm³/mol. The van der Waals surface area contributed by atoms with Crippen LogP contribution in [0.3, 0.4) is 0 Å². The van der Waals surface area contributed by atoms with Crippen molar-refractivity contribution in [3.05, 3.63) is 88.7 Å². The van der Waals surface area contributed by atoms with Crippen molar-refractivity contribution < 1.29 is 36.3 Å². The minimum atomic E-state index is -2.37. The molecule has 0 heterocycles. The lowest BCUT2D eigenvalue weighted by Crippen LogP contribution is -2.23. The van der Waals surface area contributed by atoms with Crippen molar-refractivity contribution in [1.29, 1.82) is 5.26 Å². The molecule has 5 nitrogen and oxygen atoms in total. The fraction of sp³-hybridized carbons (Fsp3) is 0.0455. The number of hydrogen-bond acceptors (Lipinski definition) is 5. The van der Waals surface area contributed by atoms with Crippen LogP contribution in [-0.2, 0) is 9.53 Å². The van der Waals surface area contributed by atoms with Gasteiger partial charge in [-0.25, -0.2) is 26.7 Å². The topological polar surface area (TPSA) is 79.2 Å². The van der Waals surface area contributed by atoms with Crippen LogP contribution in [0.15, 0.2) is 58.3 Å². The van der Waals surface area contributed by atoms with Crippen molar-refractivity contribution in [1.82, 2.24) is 0 Å². The Labute approximate surface area is 187 Å². The van der Waals surface area contributed by atoms with Gasteiger partial charge in [-0.2, -0.15) is 5.26 Å². The molecule has 3 aromatic rings. The van der Waals surface area contributed by atoms with E-state index in [1.54, 1.807) is 36.4 Å². The van der Waals surface area contributed by atoms with Crippen LogP contribution in [0.5, 0.6) is 0 Å². The van der Waals surface area contributed by atoms with E-state index < -0.39 is 53.3 Å². The molecule has 0 aliphatic carbocycles. The number of amides is 1. The van der Waals surface area contributed by atoms with Crippen LogP contribution in [0.2, 0.25) is 0 Å². The highest BCUT2D eigenvalue weighted by Gasteiger charge is 2.27. The first-order valence-corrected chi connectivity index (χ1v) is 9.80. The van der Waals surface area contributed by atoms with Crippen molar-refractivity contribution in [2.24, 2.45) is 0 Å². The number of rotatable bonds is 6. The Bertz CT molecular complexity index is 1260. The first-order chi connectivity index (χ1) is 15.7. The van der Waals surface area contributed by atoms with E-state index in [4.69, 9.17) is 4.74 Å². The van der Waals surface area contributed by atoms with E-state index in [0.717, 1.165) is 11.8 Å². The van der Waals surface area contributed by atoms with E-state index in [9.17, 15) is 36.8 Å². The van der Waals surface area contributed by atoms with Crippen molar-refractivity contribution in [3.63, 3.8) is 0 Å². The number of benzene rings is 3. The summed E-state index contributed by atoms with van der Waals surface area (Å²) in [6.07, 6.45) is 0. The third kappa shape index (κ3) is 5.12. The van der Waals surface area contributed by atoms with E-state index in [2.05, 4.69) is 0 Å². The first kappa shape index (κ1) is 23.7. The van der Waals surface area contributed by atoms with Crippen LogP contribution < -0.4 is 5.32 Å². The van der Waals surface area contributed by atoms with Crippen molar-refractivity contribution in [2.45, 2.75) is 9.79 Å². The molecule has 0 bridgehead atoms. The number of nitrogens with zero attached hydrogens (tertiary/aromatic N) is 1. The van der Waals surface area contributed by atoms with E-state index in [-0.39, 0.29) is 5.56 Å². The molecule has 0 fully saturated rings. The number of ether oxygens (including phenoxy) is 1. The second-order valence-electron chi connectivity index (χ2n) is 6.28. The van der Waals surface area contributed by atoms with E-state index >= 15 is 0 Å². The highest BCUT2D eigenvalue weighted by Crippen LogP contribution is 2.33. The van der Waals surface area contributed by atoms with Crippen LogP contribution in [0, 0.1) is 40.4 Å².